The fraction of sp³-hybridized carbons (Fsp3) is 0.0714. The molecule has 2 rings (SSSR count). The molecule has 104 valence electrons. The van der Waals surface area contributed by atoms with Gasteiger partial charge in [0.05, 0.1) is 0 Å². The van der Waals surface area contributed by atoms with Gasteiger partial charge in [-0.1, -0.05) is 29.8 Å². The molecule has 0 atom stereocenters. The highest BCUT2D eigenvalue weighted by Crippen LogP contribution is 2.27. The van der Waals surface area contributed by atoms with Crippen molar-refractivity contribution >= 4 is 15.2 Å². The number of carbonyl (C=O) groups excluding carboxylic acids is 1. The second-order valence-corrected chi connectivity index (χ2v) is 5.68. The van der Waals surface area contributed by atoms with Gasteiger partial charge < -0.3 is 5.11 Å². The third-order valence-electron chi connectivity index (χ3n) is 2.81. The highest BCUT2D eigenvalue weighted by atomic mass is 32.2. The zero-order chi connectivity index (χ0) is 14.9. The van der Waals surface area contributed by atoms with Gasteiger partial charge in [-0.15, -0.1) is 0 Å². The van der Waals surface area contributed by atoms with Crippen LogP contribution in [0, 0.1) is 6.92 Å². The molecule has 2 N–H and O–H groups in total. The van der Waals surface area contributed by atoms with Crippen molar-refractivity contribution in [1.29, 1.82) is 0 Å². The number of aryl methyl sites for hydroxylation is 1. The van der Waals surface area contributed by atoms with Gasteiger partial charge in [0.25, 0.3) is 0 Å². The van der Waals surface area contributed by atoms with Gasteiger partial charge in [-0.05, 0) is 36.2 Å². The average Bonchev–Trinajstić information content (AvgIpc) is 2.37. The summed E-state index contributed by atoms with van der Waals surface area (Å²) in [4.78, 5) is 11.8. The summed E-state index contributed by atoms with van der Waals surface area (Å²) in [5, 5.41) is 7.92. The minimum Gasteiger partial charge on any atom is -0.508 e. The third kappa shape index (κ3) is 2.87. The van der Waals surface area contributed by atoms with Crippen molar-refractivity contribution in [2.24, 2.45) is 0 Å². The lowest BCUT2D eigenvalue weighted by Gasteiger charge is -2.09. The molecule has 0 amide bonds. The van der Waals surface area contributed by atoms with Gasteiger partial charge in [0.1, 0.15) is 5.75 Å². The van der Waals surface area contributed by atoms with E-state index in [0.717, 1.165) is 5.56 Å². The predicted molar refractivity (Wildman–Crippen MR) is 74.2 cm³/mol. The molecular formula is C14H12O5S. The lowest BCUT2D eigenvalue weighted by Crippen LogP contribution is -2.14. The van der Waals surface area contributed by atoms with Crippen LogP contribution in [0.2, 0.25) is 0 Å². The highest BCUT2D eigenvalue weighted by molar-refractivity contribution is 8.01. The van der Waals surface area contributed by atoms with E-state index in [1.165, 1.54) is 18.2 Å². The number of aromatic hydroxyl groups is 1. The van der Waals surface area contributed by atoms with E-state index in [1.807, 2.05) is 0 Å². The molecule has 0 bridgehead atoms. The van der Waals surface area contributed by atoms with Gasteiger partial charge in [-0.25, -0.2) is 0 Å². The number of phenolic OH excluding ortho intramolecular Hbond substituents is 1. The molecule has 0 saturated heterocycles. The molecule has 0 aliphatic carbocycles. The van der Waals surface area contributed by atoms with Gasteiger partial charge in [-0.3, -0.25) is 9.35 Å². The van der Waals surface area contributed by atoms with Gasteiger partial charge in [0, 0.05) is 5.56 Å². The summed E-state index contributed by atoms with van der Waals surface area (Å²) >= 11 is 0. The van der Waals surface area contributed by atoms with Crippen LogP contribution in [-0.2, 0) is 10.1 Å². The quantitative estimate of drug-likeness (QED) is 0.829. The maximum atomic E-state index is 11.8. The molecule has 2 aromatic rings. The molecule has 0 aromatic heterocycles. The van der Waals surface area contributed by atoms with E-state index in [-0.39, 0.29) is 11.3 Å². The van der Waals surface area contributed by atoms with E-state index in [0.29, 0.717) is 11.1 Å². The average molecular weight is 292 g/mol. The van der Waals surface area contributed by atoms with Crippen molar-refractivity contribution in [2.45, 2.75) is 6.92 Å². The predicted octanol–water partition coefficient (Wildman–Crippen LogP) is 2.40. The number of benzene rings is 2. The first kappa shape index (κ1) is 14.2. The molecule has 0 unspecified atom stereocenters. The van der Waals surface area contributed by atoms with E-state index < -0.39 is 15.2 Å². The van der Waals surface area contributed by atoms with Crippen molar-refractivity contribution in [3.63, 3.8) is 0 Å². The molecule has 0 spiro atoms. The van der Waals surface area contributed by atoms with Crippen LogP contribution < -0.4 is 0 Å². The number of phenols is 1. The van der Waals surface area contributed by atoms with Crippen molar-refractivity contribution in [3.05, 3.63) is 53.6 Å². The number of hydrogen-bond acceptors (Lipinski definition) is 4. The molecule has 5 nitrogen and oxygen atoms in total. The van der Waals surface area contributed by atoms with Crippen LogP contribution in [-0.4, -0.2) is 23.2 Å². The van der Waals surface area contributed by atoms with Gasteiger partial charge in [0.15, 0.2) is 0 Å². The Labute approximate surface area is 116 Å². The van der Waals surface area contributed by atoms with E-state index in [9.17, 15) is 18.3 Å². The molecular weight excluding hydrogens is 280 g/mol. The first-order chi connectivity index (χ1) is 9.29. The SMILES string of the molecule is Cc1ccc(C(=O)S(=O)(=O)O)c(-c2ccc(O)cc2)c1. The van der Waals surface area contributed by atoms with Crippen molar-refractivity contribution in [3.8, 4) is 16.9 Å². The molecule has 0 aliphatic rings. The Bertz CT molecular complexity index is 761. The minimum atomic E-state index is -4.80. The maximum Gasteiger partial charge on any atom is 0.333 e. The zero-order valence-corrected chi connectivity index (χ0v) is 11.4. The van der Waals surface area contributed by atoms with Crippen LogP contribution >= 0.6 is 0 Å². The highest BCUT2D eigenvalue weighted by Gasteiger charge is 2.24. The fourth-order valence-corrected chi connectivity index (χ4v) is 2.31. The smallest absolute Gasteiger partial charge is 0.333 e. The number of hydrogen-bond donors (Lipinski definition) is 2. The zero-order valence-electron chi connectivity index (χ0n) is 10.6. The van der Waals surface area contributed by atoms with E-state index >= 15 is 0 Å². The van der Waals surface area contributed by atoms with Crippen LogP contribution in [0.1, 0.15) is 15.9 Å². The third-order valence-corrected chi connectivity index (χ3v) is 3.50. The second kappa shape index (κ2) is 5.07. The normalized spacial score (nSPS) is 11.3. The summed E-state index contributed by atoms with van der Waals surface area (Å²) < 4.78 is 30.9. The minimum absolute atomic E-state index is 0.0593. The second-order valence-electron chi connectivity index (χ2n) is 4.36. The lowest BCUT2D eigenvalue weighted by atomic mass is 9.98. The van der Waals surface area contributed by atoms with Gasteiger partial charge in [-0.2, -0.15) is 8.42 Å². The molecule has 0 fully saturated rings. The lowest BCUT2D eigenvalue weighted by molar-refractivity contribution is 0.106. The fourth-order valence-electron chi connectivity index (χ4n) is 1.85. The van der Waals surface area contributed by atoms with Crippen molar-refractivity contribution < 1.29 is 22.9 Å². The van der Waals surface area contributed by atoms with Crippen LogP contribution in [0.3, 0.4) is 0 Å². The largest absolute Gasteiger partial charge is 0.508 e. The van der Waals surface area contributed by atoms with Gasteiger partial charge >= 0.3 is 15.2 Å². The van der Waals surface area contributed by atoms with E-state index in [2.05, 4.69) is 0 Å². The van der Waals surface area contributed by atoms with E-state index in [4.69, 9.17) is 4.55 Å². The first-order valence-electron chi connectivity index (χ1n) is 5.71. The summed E-state index contributed by atoms with van der Waals surface area (Å²) in [5.74, 6) is 0.0593. The molecule has 0 radical (unpaired) electrons. The summed E-state index contributed by atoms with van der Waals surface area (Å²) in [6.07, 6.45) is 0. The first-order valence-corrected chi connectivity index (χ1v) is 7.15. The Morgan fingerprint density at radius 3 is 2.20 bits per heavy atom. The molecule has 20 heavy (non-hydrogen) atoms. The van der Waals surface area contributed by atoms with E-state index in [1.54, 1.807) is 31.2 Å². The molecule has 0 heterocycles. The van der Waals surface area contributed by atoms with Crippen molar-refractivity contribution in [1.82, 2.24) is 0 Å². The Morgan fingerprint density at radius 1 is 1.05 bits per heavy atom. The Kier molecular flexibility index (Phi) is 3.61. The summed E-state index contributed by atoms with van der Waals surface area (Å²) in [6.45, 7) is 1.80. The monoisotopic (exact) mass is 292 g/mol. The Morgan fingerprint density at radius 2 is 1.65 bits per heavy atom. The number of rotatable bonds is 2. The Hall–Kier alpha value is -2.18. The molecule has 6 heteroatoms. The van der Waals surface area contributed by atoms with Crippen molar-refractivity contribution in [2.75, 3.05) is 0 Å². The molecule has 2 aromatic carbocycles. The van der Waals surface area contributed by atoms with Crippen LogP contribution in [0.5, 0.6) is 5.75 Å². The summed E-state index contributed by atoms with van der Waals surface area (Å²) in [6, 6.07) is 10.6. The Balaban J connectivity index is 2.66. The molecule has 0 saturated carbocycles. The topological polar surface area (TPSA) is 91.7 Å². The number of carbonyl (C=O) groups is 1. The summed E-state index contributed by atoms with van der Waals surface area (Å²) in [7, 11) is -4.80. The van der Waals surface area contributed by atoms with Crippen LogP contribution in [0.25, 0.3) is 11.1 Å². The summed E-state index contributed by atoms with van der Waals surface area (Å²) in [5.41, 5.74) is 1.68. The standard InChI is InChI=1S/C14H12O5S/c1-9-2-7-12(14(16)20(17,18)19)13(8-9)10-3-5-11(15)6-4-10/h2-8,15H,1H3,(H,17,18,19). The maximum absolute atomic E-state index is 11.8. The van der Waals surface area contributed by atoms with Crippen LogP contribution in [0.15, 0.2) is 42.5 Å². The molecule has 0 aliphatic heterocycles. The van der Waals surface area contributed by atoms with Gasteiger partial charge in [0.2, 0.25) is 0 Å². The van der Waals surface area contributed by atoms with Crippen LogP contribution in [0.4, 0.5) is 0 Å².